The van der Waals surface area contributed by atoms with Gasteiger partial charge in [-0.3, -0.25) is 14.9 Å². The molecular formula is C15H18N4O5S2. The van der Waals surface area contributed by atoms with Crippen LogP contribution < -0.4 is 4.80 Å². The number of non-ortho nitro benzene ring substituents is 1. The number of nitro groups is 1. The highest BCUT2D eigenvalue weighted by molar-refractivity contribution is 7.88. The molecule has 1 saturated heterocycles. The smallest absolute Gasteiger partial charge is 0.270 e. The van der Waals surface area contributed by atoms with E-state index in [9.17, 15) is 23.3 Å². The van der Waals surface area contributed by atoms with E-state index >= 15 is 0 Å². The summed E-state index contributed by atoms with van der Waals surface area (Å²) in [5.41, 5.74) is 0.722. The van der Waals surface area contributed by atoms with Crippen LogP contribution in [-0.2, 0) is 21.4 Å². The highest BCUT2D eigenvalue weighted by Gasteiger charge is 2.36. The fourth-order valence-electron chi connectivity index (χ4n) is 3.12. The molecule has 1 aromatic carbocycles. The zero-order valence-corrected chi connectivity index (χ0v) is 15.9. The zero-order valence-electron chi connectivity index (χ0n) is 14.3. The highest BCUT2D eigenvalue weighted by Crippen LogP contribution is 2.24. The molecule has 3 rings (SSSR count). The minimum atomic E-state index is -3.47. The Morgan fingerprint density at radius 1 is 1.46 bits per heavy atom. The Balaban J connectivity index is 2.06. The van der Waals surface area contributed by atoms with Gasteiger partial charge in [0, 0.05) is 25.2 Å². The number of carbonyl (C=O) groups excluding carboxylic acids is 1. The van der Waals surface area contributed by atoms with E-state index in [0.29, 0.717) is 35.4 Å². The predicted octanol–water partition coefficient (Wildman–Crippen LogP) is 1.48. The number of rotatable bonds is 4. The molecule has 9 nitrogen and oxygen atoms in total. The molecule has 2 heterocycles. The van der Waals surface area contributed by atoms with Crippen molar-refractivity contribution < 1.29 is 18.1 Å². The van der Waals surface area contributed by atoms with Gasteiger partial charge in [0.2, 0.25) is 10.0 Å². The number of nitro benzene ring substituents is 1. The fourth-order valence-corrected chi connectivity index (χ4v) is 5.37. The van der Waals surface area contributed by atoms with Gasteiger partial charge >= 0.3 is 0 Å². The Hall–Kier alpha value is -2.11. The molecule has 1 unspecified atom stereocenters. The maximum absolute atomic E-state index is 12.6. The van der Waals surface area contributed by atoms with Gasteiger partial charge in [-0.05, 0) is 25.8 Å². The first-order valence-electron chi connectivity index (χ1n) is 8.05. The summed E-state index contributed by atoms with van der Waals surface area (Å²) in [5.74, 6) is -0.504. The number of fused-ring (bicyclic) bond motifs is 1. The lowest BCUT2D eigenvalue weighted by Gasteiger charge is -2.18. The summed E-state index contributed by atoms with van der Waals surface area (Å²) in [6, 6.07) is 3.72. The average Bonchev–Trinajstić information content (AvgIpc) is 3.17. The summed E-state index contributed by atoms with van der Waals surface area (Å²) in [6.07, 6.45) is 2.15. The first kappa shape index (κ1) is 18.7. The molecule has 0 radical (unpaired) electrons. The van der Waals surface area contributed by atoms with Crippen LogP contribution in [0.15, 0.2) is 23.2 Å². The first-order valence-corrected chi connectivity index (χ1v) is 10.7. The molecule has 1 aromatic heterocycles. The Labute approximate surface area is 153 Å². The number of nitrogens with zero attached hydrogens (tertiary/aromatic N) is 4. The monoisotopic (exact) mass is 398 g/mol. The molecule has 1 fully saturated rings. The number of hydrogen-bond donors (Lipinski definition) is 0. The largest absolute Gasteiger partial charge is 0.317 e. The molecule has 2 aromatic rings. The average molecular weight is 398 g/mol. The minimum Gasteiger partial charge on any atom is -0.317 e. The molecule has 0 N–H and O–H groups in total. The summed E-state index contributed by atoms with van der Waals surface area (Å²) < 4.78 is 27.3. The summed E-state index contributed by atoms with van der Waals surface area (Å²) in [7, 11) is -3.47. The van der Waals surface area contributed by atoms with Crippen LogP contribution in [0.2, 0.25) is 0 Å². The zero-order chi connectivity index (χ0) is 19.1. The number of amides is 1. The van der Waals surface area contributed by atoms with E-state index in [1.807, 2.05) is 6.92 Å². The van der Waals surface area contributed by atoms with Gasteiger partial charge in [-0.1, -0.05) is 11.3 Å². The van der Waals surface area contributed by atoms with Crippen molar-refractivity contribution in [2.45, 2.75) is 32.4 Å². The van der Waals surface area contributed by atoms with Gasteiger partial charge < -0.3 is 4.57 Å². The third-order valence-corrected chi connectivity index (χ3v) is 6.64. The molecule has 11 heteroatoms. The van der Waals surface area contributed by atoms with E-state index in [1.54, 1.807) is 10.6 Å². The highest BCUT2D eigenvalue weighted by atomic mass is 32.2. The van der Waals surface area contributed by atoms with Crippen molar-refractivity contribution >= 4 is 43.2 Å². The van der Waals surface area contributed by atoms with Crippen molar-refractivity contribution in [2.75, 3.05) is 12.8 Å². The molecule has 1 amide bonds. The number of thiazole rings is 1. The lowest BCUT2D eigenvalue weighted by atomic mass is 10.2. The molecule has 0 spiro atoms. The Kier molecular flexibility index (Phi) is 4.95. The summed E-state index contributed by atoms with van der Waals surface area (Å²) in [5, 5.41) is 11.0. The molecule has 0 bridgehead atoms. The molecule has 1 aliphatic rings. The normalized spacial score (nSPS) is 19.3. The van der Waals surface area contributed by atoms with Gasteiger partial charge in [-0.25, -0.2) is 8.42 Å². The third kappa shape index (κ3) is 3.41. The van der Waals surface area contributed by atoms with Crippen LogP contribution in [-0.4, -0.2) is 47.0 Å². The summed E-state index contributed by atoms with van der Waals surface area (Å²) >= 11 is 1.18. The van der Waals surface area contributed by atoms with E-state index in [0.717, 1.165) is 11.8 Å². The van der Waals surface area contributed by atoms with E-state index in [2.05, 4.69) is 4.99 Å². The van der Waals surface area contributed by atoms with E-state index in [1.165, 1.54) is 27.8 Å². The van der Waals surface area contributed by atoms with Gasteiger partial charge in [0.1, 0.15) is 6.04 Å². The fraction of sp³-hybridized carbons (Fsp3) is 0.467. The second-order valence-corrected chi connectivity index (χ2v) is 8.96. The molecule has 0 saturated carbocycles. The van der Waals surface area contributed by atoms with Gasteiger partial charge in [-0.2, -0.15) is 9.30 Å². The lowest BCUT2D eigenvalue weighted by molar-refractivity contribution is -0.384. The van der Waals surface area contributed by atoms with Gasteiger partial charge in [0.05, 0.1) is 21.4 Å². The molecule has 0 aliphatic carbocycles. The van der Waals surface area contributed by atoms with Gasteiger partial charge in [0.15, 0.2) is 4.80 Å². The van der Waals surface area contributed by atoms with E-state index in [4.69, 9.17) is 0 Å². The maximum atomic E-state index is 12.6. The van der Waals surface area contributed by atoms with E-state index in [-0.39, 0.29) is 5.69 Å². The van der Waals surface area contributed by atoms with Crippen molar-refractivity contribution in [1.82, 2.24) is 8.87 Å². The maximum Gasteiger partial charge on any atom is 0.270 e. The number of sulfonamides is 1. The van der Waals surface area contributed by atoms with Crippen LogP contribution in [0, 0.1) is 10.1 Å². The SMILES string of the molecule is CCn1c(=NC(=O)C2CCCN2S(C)(=O)=O)sc2cc([N+](=O)[O-])ccc21. The van der Waals surface area contributed by atoms with Crippen molar-refractivity contribution in [1.29, 1.82) is 0 Å². The Morgan fingerprint density at radius 3 is 2.81 bits per heavy atom. The Morgan fingerprint density at radius 2 is 2.19 bits per heavy atom. The number of benzene rings is 1. The standard InChI is InChI=1S/C15H18N4O5S2/c1-3-17-11-7-6-10(19(21)22)9-13(11)25-15(17)16-14(20)12-5-4-8-18(12)26(2,23)24/h6-7,9,12H,3-5,8H2,1-2H3. The molecule has 1 atom stereocenters. The topological polar surface area (TPSA) is 115 Å². The predicted molar refractivity (Wildman–Crippen MR) is 97.3 cm³/mol. The molecule has 26 heavy (non-hydrogen) atoms. The van der Waals surface area contributed by atoms with Crippen LogP contribution in [0.4, 0.5) is 5.69 Å². The molecule has 140 valence electrons. The second kappa shape index (κ2) is 6.89. The van der Waals surface area contributed by atoms with Crippen LogP contribution in [0.3, 0.4) is 0 Å². The van der Waals surface area contributed by atoms with Crippen LogP contribution in [0.1, 0.15) is 19.8 Å². The summed E-state index contributed by atoms with van der Waals surface area (Å²) in [4.78, 5) is 27.6. The number of aromatic nitrogens is 1. The number of carbonyl (C=O) groups is 1. The van der Waals surface area contributed by atoms with Crippen LogP contribution >= 0.6 is 11.3 Å². The van der Waals surface area contributed by atoms with Crippen molar-refractivity contribution in [3.8, 4) is 0 Å². The summed E-state index contributed by atoms with van der Waals surface area (Å²) in [6.45, 7) is 2.73. The van der Waals surface area contributed by atoms with Crippen molar-refractivity contribution in [3.63, 3.8) is 0 Å². The lowest BCUT2D eigenvalue weighted by Crippen LogP contribution is -2.39. The minimum absolute atomic E-state index is 0.0288. The second-order valence-electron chi connectivity index (χ2n) is 6.02. The van der Waals surface area contributed by atoms with Gasteiger partial charge in [0.25, 0.3) is 11.6 Å². The third-order valence-electron chi connectivity index (χ3n) is 4.31. The quantitative estimate of drug-likeness (QED) is 0.571. The van der Waals surface area contributed by atoms with E-state index < -0.39 is 26.9 Å². The van der Waals surface area contributed by atoms with Crippen LogP contribution in [0.25, 0.3) is 10.2 Å². The number of aryl methyl sites for hydroxylation is 1. The first-order chi connectivity index (χ1) is 12.2. The van der Waals surface area contributed by atoms with Crippen molar-refractivity contribution in [3.05, 3.63) is 33.1 Å². The van der Waals surface area contributed by atoms with Crippen molar-refractivity contribution in [2.24, 2.45) is 4.99 Å². The number of hydrogen-bond acceptors (Lipinski definition) is 6. The Bertz CT molecular complexity index is 1050. The molecular weight excluding hydrogens is 380 g/mol. The van der Waals surface area contributed by atoms with Gasteiger partial charge in [-0.15, -0.1) is 0 Å². The van der Waals surface area contributed by atoms with Crippen LogP contribution in [0.5, 0.6) is 0 Å². The molecule has 1 aliphatic heterocycles.